The Morgan fingerprint density at radius 1 is 1.38 bits per heavy atom. The third-order valence-electron chi connectivity index (χ3n) is 1.82. The van der Waals surface area contributed by atoms with Crippen LogP contribution >= 0.6 is 8.46 Å². The predicted molar refractivity (Wildman–Crippen MR) is 64.1 cm³/mol. The average molecular weight is 240 g/mol. The molecule has 0 aromatic heterocycles. The van der Waals surface area contributed by atoms with Gasteiger partial charge in [0, 0.05) is 6.16 Å². The minimum atomic E-state index is -1.85. The van der Waals surface area contributed by atoms with Crippen LogP contribution in [-0.4, -0.2) is 13.2 Å². The Kier molecular flexibility index (Phi) is 5.85. The van der Waals surface area contributed by atoms with E-state index in [-0.39, 0.29) is 6.61 Å². The number of benzene rings is 1. The van der Waals surface area contributed by atoms with Crippen molar-refractivity contribution in [1.29, 1.82) is 0 Å². The SMILES string of the molecule is C#CCOc1ccc(CP(F)OCC)cc1. The Morgan fingerprint density at radius 3 is 2.62 bits per heavy atom. The van der Waals surface area contributed by atoms with E-state index in [1.807, 2.05) is 12.1 Å². The molecule has 0 aliphatic heterocycles. The smallest absolute Gasteiger partial charge is 0.224 e. The van der Waals surface area contributed by atoms with Gasteiger partial charge < -0.3 is 9.26 Å². The number of rotatable bonds is 6. The maximum atomic E-state index is 13.2. The van der Waals surface area contributed by atoms with Crippen LogP contribution in [0.25, 0.3) is 0 Å². The van der Waals surface area contributed by atoms with E-state index in [2.05, 4.69) is 5.92 Å². The van der Waals surface area contributed by atoms with Crippen LogP contribution in [0, 0.1) is 12.3 Å². The van der Waals surface area contributed by atoms with E-state index in [0.717, 1.165) is 5.56 Å². The largest absolute Gasteiger partial charge is 0.481 e. The molecule has 0 aliphatic carbocycles. The molecule has 0 heterocycles. The molecule has 2 nitrogen and oxygen atoms in total. The number of ether oxygens (including phenoxy) is 1. The molecule has 0 aliphatic rings. The molecule has 0 bridgehead atoms. The van der Waals surface area contributed by atoms with Crippen LogP contribution in [0.4, 0.5) is 4.20 Å². The van der Waals surface area contributed by atoms with Crippen molar-refractivity contribution in [2.24, 2.45) is 0 Å². The highest BCUT2D eigenvalue weighted by atomic mass is 31.2. The summed E-state index contributed by atoms with van der Waals surface area (Å²) in [5.41, 5.74) is 0.898. The maximum absolute atomic E-state index is 13.2. The van der Waals surface area contributed by atoms with E-state index in [1.165, 1.54) is 0 Å². The molecule has 0 amide bonds. The Morgan fingerprint density at radius 2 is 2.06 bits per heavy atom. The summed E-state index contributed by atoms with van der Waals surface area (Å²) in [5, 5.41) is 0. The molecular formula is C12H14FO2P. The fraction of sp³-hybridized carbons (Fsp3) is 0.333. The molecule has 1 aromatic rings. The van der Waals surface area contributed by atoms with Crippen LogP contribution in [0.1, 0.15) is 12.5 Å². The van der Waals surface area contributed by atoms with Crippen molar-refractivity contribution in [3.63, 3.8) is 0 Å². The van der Waals surface area contributed by atoms with Gasteiger partial charge in [0.05, 0.1) is 6.61 Å². The quantitative estimate of drug-likeness (QED) is 0.559. The van der Waals surface area contributed by atoms with E-state index >= 15 is 0 Å². The zero-order valence-corrected chi connectivity index (χ0v) is 10.0. The van der Waals surface area contributed by atoms with Gasteiger partial charge in [0.25, 0.3) is 0 Å². The molecule has 1 aromatic carbocycles. The minimum Gasteiger partial charge on any atom is -0.481 e. The van der Waals surface area contributed by atoms with E-state index in [4.69, 9.17) is 15.7 Å². The van der Waals surface area contributed by atoms with Crippen molar-refractivity contribution in [2.45, 2.75) is 13.1 Å². The van der Waals surface area contributed by atoms with Gasteiger partial charge in [-0.25, -0.2) is 0 Å². The van der Waals surface area contributed by atoms with Gasteiger partial charge in [0.2, 0.25) is 8.46 Å². The van der Waals surface area contributed by atoms with Crippen molar-refractivity contribution >= 4 is 8.46 Å². The third-order valence-corrected chi connectivity index (χ3v) is 2.97. The van der Waals surface area contributed by atoms with E-state index in [1.54, 1.807) is 19.1 Å². The standard InChI is InChI=1S/C12H14FO2P/c1-3-9-14-12-7-5-11(6-8-12)10-16(13)15-4-2/h1,5-8H,4,9-10H2,2H3. The number of hydrogen-bond donors (Lipinski definition) is 0. The molecule has 16 heavy (non-hydrogen) atoms. The predicted octanol–water partition coefficient (Wildman–Crippen LogP) is 3.52. The summed E-state index contributed by atoms with van der Waals surface area (Å²) >= 11 is 0. The zero-order chi connectivity index (χ0) is 11.8. The van der Waals surface area contributed by atoms with Crippen molar-refractivity contribution in [3.8, 4) is 18.1 Å². The minimum absolute atomic E-state index is 0.244. The van der Waals surface area contributed by atoms with Crippen LogP contribution in [0.2, 0.25) is 0 Å². The van der Waals surface area contributed by atoms with E-state index in [0.29, 0.717) is 18.5 Å². The normalized spacial score (nSPS) is 11.8. The first kappa shape index (κ1) is 13.0. The van der Waals surface area contributed by atoms with Gasteiger partial charge in [0.1, 0.15) is 12.4 Å². The molecule has 0 saturated carbocycles. The van der Waals surface area contributed by atoms with Crippen molar-refractivity contribution < 1.29 is 13.5 Å². The van der Waals surface area contributed by atoms with Gasteiger partial charge in [-0.15, -0.1) is 6.42 Å². The summed E-state index contributed by atoms with van der Waals surface area (Å²) in [6.45, 7) is 2.44. The highest BCUT2D eigenvalue weighted by Crippen LogP contribution is 2.42. The highest BCUT2D eigenvalue weighted by molar-refractivity contribution is 7.45. The summed E-state index contributed by atoms with van der Waals surface area (Å²) in [6, 6.07) is 7.20. The molecule has 0 radical (unpaired) electrons. The zero-order valence-electron chi connectivity index (χ0n) is 9.15. The molecule has 1 atom stereocenters. The summed E-state index contributed by atoms with van der Waals surface area (Å²) in [5.74, 6) is 3.08. The maximum Gasteiger partial charge on any atom is 0.224 e. The van der Waals surface area contributed by atoms with Crippen LogP contribution in [0.3, 0.4) is 0 Å². The second-order valence-corrected chi connectivity index (χ2v) is 4.24. The second kappa shape index (κ2) is 7.22. The van der Waals surface area contributed by atoms with E-state index < -0.39 is 8.46 Å². The topological polar surface area (TPSA) is 18.5 Å². The van der Waals surface area contributed by atoms with Gasteiger partial charge in [-0.1, -0.05) is 18.1 Å². The number of halogens is 1. The van der Waals surface area contributed by atoms with Gasteiger partial charge in [0.15, 0.2) is 0 Å². The second-order valence-electron chi connectivity index (χ2n) is 3.03. The lowest BCUT2D eigenvalue weighted by Gasteiger charge is -2.07. The van der Waals surface area contributed by atoms with Gasteiger partial charge >= 0.3 is 0 Å². The van der Waals surface area contributed by atoms with Crippen LogP contribution < -0.4 is 4.74 Å². The van der Waals surface area contributed by atoms with Crippen molar-refractivity contribution in [1.82, 2.24) is 0 Å². The molecular weight excluding hydrogens is 226 g/mol. The van der Waals surface area contributed by atoms with Crippen LogP contribution in [0.5, 0.6) is 5.75 Å². The fourth-order valence-electron chi connectivity index (χ4n) is 1.15. The summed E-state index contributed by atoms with van der Waals surface area (Å²) in [4.78, 5) is 0. The Labute approximate surface area is 96.7 Å². The molecule has 4 heteroatoms. The highest BCUT2D eigenvalue weighted by Gasteiger charge is 2.07. The molecule has 0 fully saturated rings. The van der Waals surface area contributed by atoms with Crippen molar-refractivity contribution in [3.05, 3.63) is 29.8 Å². The van der Waals surface area contributed by atoms with Gasteiger partial charge in [-0.3, -0.25) is 0 Å². The number of hydrogen-bond acceptors (Lipinski definition) is 2. The first-order valence-electron chi connectivity index (χ1n) is 4.97. The molecule has 86 valence electrons. The monoisotopic (exact) mass is 240 g/mol. The molecule has 0 spiro atoms. The third kappa shape index (κ3) is 4.61. The van der Waals surface area contributed by atoms with Crippen LogP contribution in [-0.2, 0) is 10.7 Å². The van der Waals surface area contributed by atoms with Crippen molar-refractivity contribution in [2.75, 3.05) is 13.2 Å². The Bertz CT molecular complexity index is 345. The summed E-state index contributed by atoms with van der Waals surface area (Å²) < 4.78 is 23.3. The first-order valence-corrected chi connectivity index (χ1v) is 6.31. The number of terminal acetylenes is 1. The first-order chi connectivity index (χ1) is 7.76. The average Bonchev–Trinajstić information content (AvgIpc) is 2.28. The molecule has 1 rings (SSSR count). The Hall–Kier alpha value is -1.10. The fourth-order valence-corrected chi connectivity index (χ4v) is 2.01. The summed E-state index contributed by atoms with van der Waals surface area (Å²) in [7, 11) is -1.85. The van der Waals surface area contributed by atoms with Crippen LogP contribution in [0.15, 0.2) is 24.3 Å². The van der Waals surface area contributed by atoms with Gasteiger partial charge in [-0.05, 0) is 24.6 Å². The Balaban J connectivity index is 2.48. The lowest BCUT2D eigenvalue weighted by atomic mass is 10.2. The lowest BCUT2D eigenvalue weighted by Crippen LogP contribution is -1.93. The van der Waals surface area contributed by atoms with E-state index in [9.17, 15) is 4.20 Å². The van der Waals surface area contributed by atoms with Gasteiger partial charge in [-0.2, -0.15) is 4.20 Å². The summed E-state index contributed by atoms with van der Waals surface area (Å²) in [6.07, 6.45) is 5.39. The molecule has 1 unspecified atom stereocenters. The lowest BCUT2D eigenvalue weighted by molar-refractivity contribution is 0.354. The molecule has 0 saturated heterocycles. The molecule has 0 N–H and O–H groups in total.